The van der Waals surface area contributed by atoms with Crippen LogP contribution in [0.5, 0.6) is 5.75 Å². The molecule has 17 heavy (non-hydrogen) atoms. The lowest BCUT2D eigenvalue weighted by atomic mass is 10.0. The average Bonchev–Trinajstić information content (AvgIpc) is 2.41. The largest absolute Gasteiger partial charge is 0.497 e. The van der Waals surface area contributed by atoms with Gasteiger partial charge in [0.1, 0.15) is 5.75 Å². The monoisotopic (exact) mass is 230 g/mol. The number of benzene rings is 2. The Hall–Kier alpha value is -1.50. The van der Waals surface area contributed by atoms with E-state index in [2.05, 4.69) is 37.3 Å². The molecular weight excluding hydrogens is 208 g/mol. The average molecular weight is 230 g/mol. The molecule has 2 aromatic rings. The van der Waals surface area contributed by atoms with Gasteiger partial charge in [0.2, 0.25) is 0 Å². The summed E-state index contributed by atoms with van der Waals surface area (Å²) >= 11 is 0. The molecule has 0 fully saturated rings. The summed E-state index contributed by atoms with van der Waals surface area (Å²) in [5.74, 6) is 0.936. The topological polar surface area (TPSA) is 9.23 Å². The van der Waals surface area contributed by atoms with Gasteiger partial charge in [-0.3, -0.25) is 0 Å². The van der Waals surface area contributed by atoms with Crippen LogP contribution in [0.15, 0.2) is 36.4 Å². The summed E-state index contributed by atoms with van der Waals surface area (Å²) in [7, 11) is 1.71. The van der Waals surface area contributed by atoms with Crippen molar-refractivity contribution in [1.29, 1.82) is 0 Å². The minimum Gasteiger partial charge on any atom is -0.497 e. The Morgan fingerprint density at radius 2 is 1.82 bits per heavy atom. The first kappa shape index (κ1) is 13.6. The van der Waals surface area contributed by atoms with Gasteiger partial charge in [0, 0.05) is 0 Å². The molecule has 0 spiro atoms. The lowest BCUT2D eigenvalue weighted by Crippen LogP contribution is -1.87. The smallest absolute Gasteiger partial charge is 0.119 e. The Morgan fingerprint density at radius 1 is 1.06 bits per heavy atom. The maximum atomic E-state index is 5.26. The molecule has 0 atom stereocenters. The van der Waals surface area contributed by atoms with E-state index >= 15 is 0 Å². The van der Waals surface area contributed by atoms with Gasteiger partial charge in [-0.1, -0.05) is 51.5 Å². The SMILES string of the molecule is CC.CCCc1cccc2ccc(OC)cc12. The third kappa shape index (κ3) is 3.23. The van der Waals surface area contributed by atoms with Gasteiger partial charge in [-0.25, -0.2) is 0 Å². The second-order valence-corrected chi connectivity index (χ2v) is 3.75. The number of fused-ring (bicyclic) bond motifs is 1. The van der Waals surface area contributed by atoms with Crippen LogP contribution in [-0.2, 0) is 6.42 Å². The highest BCUT2D eigenvalue weighted by molar-refractivity contribution is 5.87. The fourth-order valence-corrected chi connectivity index (χ4v) is 1.93. The van der Waals surface area contributed by atoms with Crippen molar-refractivity contribution in [1.82, 2.24) is 0 Å². The predicted molar refractivity (Wildman–Crippen MR) is 75.8 cm³/mol. The summed E-state index contributed by atoms with van der Waals surface area (Å²) in [6.45, 7) is 6.21. The molecule has 0 amide bonds. The lowest BCUT2D eigenvalue weighted by Gasteiger charge is -2.07. The Morgan fingerprint density at radius 3 is 2.47 bits per heavy atom. The van der Waals surface area contributed by atoms with Gasteiger partial charge in [0.25, 0.3) is 0 Å². The zero-order valence-corrected chi connectivity index (χ0v) is 11.3. The van der Waals surface area contributed by atoms with Gasteiger partial charge in [-0.15, -0.1) is 0 Å². The minimum absolute atomic E-state index is 0.936. The molecule has 0 aliphatic carbocycles. The first-order valence-corrected chi connectivity index (χ1v) is 6.41. The van der Waals surface area contributed by atoms with Crippen molar-refractivity contribution in [3.8, 4) is 5.75 Å². The van der Waals surface area contributed by atoms with Gasteiger partial charge < -0.3 is 4.74 Å². The van der Waals surface area contributed by atoms with Crippen LogP contribution in [0.3, 0.4) is 0 Å². The molecule has 0 N–H and O–H groups in total. The summed E-state index contributed by atoms with van der Waals surface area (Å²) in [4.78, 5) is 0. The molecule has 2 rings (SSSR count). The van der Waals surface area contributed by atoms with Crippen molar-refractivity contribution in [3.05, 3.63) is 42.0 Å². The molecule has 0 aliphatic rings. The molecule has 0 unspecified atom stereocenters. The van der Waals surface area contributed by atoms with Crippen molar-refractivity contribution in [2.24, 2.45) is 0 Å². The van der Waals surface area contributed by atoms with E-state index in [1.807, 2.05) is 19.9 Å². The van der Waals surface area contributed by atoms with Crippen LogP contribution >= 0.6 is 0 Å². The second kappa shape index (κ2) is 6.95. The van der Waals surface area contributed by atoms with Gasteiger partial charge in [-0.05, 0) is 34.9 Å². The van der Waals surface area contributed by atoms with Gasteiger partial charge in [-0.2, -0.15) is 0 Å². The molecule has 0 saturated carbocycles. The quantitative estimate of drug-likeness (QED) is 0.734. The molecule has 0 heterocycles. The van der Waals surface area contributed by atoms with Crippen LogP contribution in [0.25, 0.3) is 10.8 Å². The van der Waals surface area contributed by atoms with Crippen molar-refractivity contribution >= 4 is 10.8 Å². The first-order valence-electron chi connectivity index (χ1n) is 6.41. The zero-order chi connectivity index (χ0) is 12.7. The number of aryl methyl sites for hydroxylation is 1. The van der Waals surface area contributed by atoms with E-state index in [0.29, 0.717) is 0 Å². The van der Waals surface area contributed by atoms with Crippen LogP contribution in [-0.4, -0.2) is 7.11 Å². The minimum atomic E-state index is 0.936. The fourth-order valence-electron chi connectivity index (χ4n) is 1.93. The first-order chi connectivity index (χ1) is 8.35. The normalized spacial score (nSPS) is 9.65. The standard InChI is InChI=1S/C14H16O.C2H6/c1-3-5-11-6-4-7-12-8-9-13(15-2)10-14(11)12;1-2/h4,6-10H,3,5H2,1-2H3;1-2H3. The van der Waals surface area contributed by atoms with Gasteiger partial charge >= 0.3 is 0 Å². The Balaban J connectivity index is 0.000000686. The number of methoxy groups -OCH3 is 1. The van der Waals surface area contributed by atoms with Crippen molar-refractivity contribution < 1.29 is 4.74 Å². The van der Waals surface area contributed by atoms with Crippen LogP contribution in [0.4, 0.5) is 0 Å². The second-order valence-electron chi connectivity index (χ2n) is 3.75. The summed E-state index contributed by atoms with van der Waals surface area (Å²) in [5, 5.41) is 2.61. The molecule has 2 aromatic carbocycles. The molecular formula is C16H22O. The van der Waals surface area contributed by atoms with E-state index in [0.717, 1.165) is 12.2 Å². The highest BCUT2D eigenvalue weighted by Gasteiger charge is 2.01. The highest BCUT2D eigenvalue weighted by atomic mass is 16.5. The Kier molecular flexibility index (Phi) is 5.55. The summed E-state index contributed by atoms with van der Waals surface area (Å²) in [6, 6.07) is 12.7. The number of hydrogen-bond acceptors (Lipinski definition) is 1. The molecule has 0 aromatic heterocycles. The third-order valence-corrected chi connectivity index (χ3v) is 2.70. The van der Waals surface area contributed by atoms with E-state index in [-0.39, 0.29) is 0 Å². The zero-order valence-electron chi connectivity index (χ0n) is 11.3. The number of rotatable bonds is 3. The van der Waals surface area contributed by atoms with Crippen molar-refractivity contribution in [2.45, 2.75) is 33.6 Å². The maximum Gasteiger partial charge on any atom is 0.119 e. The Bertz CT molecular complexity index is 460. The summed E-state index contributed by atoms with van der Waals surface area (Å²) < 4.78 is 5.26. The molecule has 1 heteroatoms. The van der Waals surface area contributed by atoms with Crippen LogP contribution < -0.4 is 4.74 Å². The van der Waals surface area contributed by atoms with Crippen LogP contribution in [0, 0.1) is 0 Å². The molecule has 0 aliphatic heterocycles. The molecule has 0 saturated heterocycles. The molecule has 0 bridgehead atoms. The van der Waals surface area contributed by atoms with E-state index in [1.54, 1.807) is 7.11 Å². The van der Waals surface area contributed by atoms with Crippen molar-refractivity contribution in [2.75, 3.05) is 7.11 Å². The highest BCUT2D eigenvalue weighted by Crippen LogP contribution is 2.24. The van der Waals surface area contributed by atoms with Crippen LogP contribution in [0.2, 0.25) is 0 Å². The van der Waals surface area contributed by atoms with E-state index < -0.39 is 0 Å². The van der Waals surface area contributed by atoms with Crippen LogP contribution in [0.1, 0.15) is 32.8 Å². The number of hydrogen-bond donors (Lipinski definition) is 0. The third-order valence-electron chi connectivity index (χ3n) is 2.70. The lowest BCUT2D eigenvalue weighted by molar-refractivity contribution is 0.415. The van der Waals surface area contributed by atoms with Crippen molar-refractivity contribution in [3.63, 3.8) is 0 Å². The summed E-state index contributed by atoms with van der Waals surface area (Å²) in [5.41, 5.74) is 1.41. The van der Waals surface area contributed by atoms with E-state index in [9.17, 15) is 0 Å². The van der Waals surface area contributed by atoms with Gasteiger partial charge in [0.15, 0.2) is 0 Å². The fraction of sp³-hybridized carbons (Fsp3) is 0.375. The van der Waals surface area contributed by atoms with E-state index in [4.69, 9.17) is 4.74 Å². The predicted octanol–water partition coefficient (Wildman–Crippen LogP) is 4.83. The molecule has 1 nitrogen and oxygen atoms in total. The number of ether oxygens (including phenoxy) is 1. The Labute approximate surface area is 104 Å². The van der Waals surface area contributed by atoms with E-state index in [1.165, 1.54) is 22.8 Å². The summed E-state index contributed by atoms with van der Waals surface area (Å²) in [6.07, 6.45) is 2.31. The molecule has 0 radical (unpaired) electrons. The van der Waals surface area contributed by atoms with Gasteiger partial charge in [0.05, 0.1) is 7.11 Å². The maximum absolute atomic E-state index is 5.26. The molecule has 92 valence electrons.